The average molecular weight is 276 g/mol. The lowest BCUT2D eigenvalue weighted by Crippen LogP contribution is -2.39. The predicted molar refractivity (Wildman–Crippen MR) is 72.9 cm³/mol. The first-order chi connectivity index (χ1) is 9.62. The molecule has 1 saturated carbocycles. The third-order valence-corrected chi connectivity index (χ3v) is 3.87. The zero-order chi connectivity index (χ0) is 14.2. The van der Waals surface area contributed by atoms with Gasteiger partial charge in [-0.2, -0.15) is 4.98 Å². The Morgan fingerprint density at radius 3 is 2.80 bits per heavy atom. The van der Waals surface area contributed by atoms with E-state index in [-0.39, 0.29) is 17.7 Å². The number of nitrogens with one attached hydrogen (secondary N) is 1. The van der Waals surface area contributed by atoms with Crippen LogP contribution in [0.5, 0.6) is 0 Å². The molecule has 0 spiro atoms. The highest BCUT2D eigenvalue weighted by molar-refractivity contribution is 5.92. The van der Waals surface area contributed by atoms with Crippen molar-refractivity contribution in [2.24, 2.45) is 0 Å². The summed E-state index contributed by atoms with van der Waals surface area (Å²) in [5.74, 6) is -1.000. The van der Waals surface area contributed by atoms with E-state index in [2.05, 4.69) is 10.3 Å². The number of rotatable bonds is 4. The molecule has 1 heterocycles. The van der Waals surface area contributed by atoms with Gasteiger partial charge in [-0.25, -0.2) is 4.79 Å². The van der Waals surface area contributed by atoms with Gasteiger partial charge in [0.15, 0.2) is 5.58 Å². The number of nitrogens with zero attached hydrogens (tertiary/aromatic N) is 1. The minimum Gasteiger partial charge on any atom is -0.478 e. The van der Waals surface area contributed by atoms with Crippen molar-refractivity contribution in [2.75, 3.05) is 11.9 Å². The summed E-state index contributed by atoms with van der Waals surface area (Å²) in [6.07, 6.45) is 3.89. The highest BCUT2D eigenvalue weighted by atomic mass is 16.4. The van der Waals surface area contributed by atoms with E-state index in [1.54, 1.807) is 6.07 Å². The molecule has 1 fully saturated rings. The number of aromatic carboxylic acids is 1. The molecule has 0 atom stereocenters. The van der Waals surface area contributed by atoms with Gasteiger partial charge in [0.25, 0.3) is 6.01 Å². The Balaban J connectivity index is 1.91. The molecule has 20 heavy (non-hydrogen) atoms. The molecular weight excluding hydrogens is 260 g/mol. The van der Waals surface area contributed by atoms with Crippen LogP contribution >= 0.6 is 0 Å². The minimum absolute atomic E-state index is 0.0338. The fourth-order valence-electron chi connectivity index (χ4n) is 2.71. The maximum absolute atomic E-state index is 10.9. The van der Waals surface area contributed by atoms with Gasteiger partial charge < -0.3 is 19.9 Å². The van der Waals surface area contributed by atoms with Crippen LogP contribution in [0.4, 0.5) is 6.01 Å². The molecule has 6 nitrogen and oxygen atoms in total. The van der Waals surface area contributed by atoms with Crippen molar-refractivity contribution in [1.29, 1.82) is 0 Å². The first kappa shape index (κ1) is 12.9. The van der Waals surface area contributed by atoms with E-state index in [0.29, 0.717) is 17.1 Å². The second-order valence-corrected chi connectivity index (χ2v) is 5.28. The molecule has 0 radical (unpaired) electrons. The van der Waals surface area contributed by atoms with Crippen LogP contribution < -0.4 is 5.32 Å². The molecule has 1 aliphatic rings. The zero-order valence-electron chi connectivity index (χ0n) is 10.9. The SMILES string of the molecule is O=C(O)c1ccc2nc(NC3(CO)CCCC3)oc2c1. The molecule has 106 valence electrons. The Hall–Kier alpha value is -2.08. The van der Waals surface area contributed by atoms with Crippen LogP contribution in [-0.4, -0.2) is 33.3 Å². The summed E-state index contributed by atoms with van der Waals surface area (Å²) in [5.41, 5.74) is 0.830. The largest absolute Gasteiger partial charge is 0.478 e. The Bertz CT molecular complexity index is 644. The third kappa shape index (κ3) is 2.22. The summed E-state index contributed by atoms with van der Waals surface area (Å²) in [4.78, 5) is 15.2. The number of oxazole rings is 1. The lowest BCUT2D eigenvalue weighted by atomic mass is 9.99. The Kier molecular flexibility index (Phi) is 3.10. The van der Waals surface area contributed by atoms with Crippen molar-refractivity contribution in [3.63, 3.8) is 0 Å². The molecule has 0 aliphatic heterocycles. The molecule has 1 aromatic heterocycles. The highest BCUT2D eigenvalue weighted by Crippen LogP contribution is 2.33. The fraction of sp³-hybridized carbons (Fsp3) is 0.429. The Morgan fingerprint density at radius 2 is 2.15 bits per heavy atom. The van der Waals surface area contributed by atoms with E-state index in [4.69, 9.17) is 9.52 Å². The van der Waals surface area contributed by atoms with Crippen molar-refractivity contribution in [3.05, 3.63) is 23.8 Å². The van der Waals surface area contributed by atoms with Gasteiger partial charge in [-0.15, -0.1) is 0 Å². The maximum Gasteiger partial charge on any atom is 0.335 e. The second kappa shape index (κ2) is 4.79. The Morgan fingerprint density at radius 1 is 1.40 bits per heavy atom. The van der Waals surface area contributed by atoms with Gasteiger partial charge in [-0.3, -0.25) is 0 Å². The number of hydrogen-bond acceptors (Lipinski definition) is 5. The van der Waals surface area contributed by atoms with Crippen LogP contribution in [0.3, 0.4) is 0 Å². The summed E-state index contributed by atoms with van der Waals surface area (Å²) < 4.78 is 5.55. The number of aliphatic hydroxyl groups excluding tert-OH is 1. The van der Waals surface area contributed by atoms with Crippen molar-refractivity contribution in [2.45, 2.75) is 31.2 Å². The lowest BCUT2D eigenvalue weighted by molar-refractivity contribution is 0.0697. The topological polar surface area (TPSA) is 95.6 Å². The van der Waals surface area contributed by atoms with Crippen LogP contribution in [0.25, 0.3) is 11.1 Å². The van der Waals surface area contributed by atoms with Crippen LogP contribution in [0, 0.1) is 0 Å². The number of aromatic nitrogens is 1. The van der Waals surface area contributed by atoms with Crippen LogP contribution in [0.1, 0.15) is 36.0 Å². The quantitative estimate of drug-likeness (QED) is 0.792. The minimum atomic E-state index is -1.000. The molecule has 0 unspecified atom stereocenters. The van der Waals surface area contributed by atoms with E-state index in [9.17, 15) is 9.90 Å². The summed E-state index contributed by atoms with van der Waals surface area (Å²) in [6, 6.07) is 4.90. The number of benzene rings is 1. The van der Waals surface area contributed by atoms with E-state index in [1.807, 2.05) is 0 Å². The number of hydrogen-bond donors (Lipinski definition) is 3. The number of carboxylic acids is 1. The summed E-state index contributed by atoms with van der Waals surface area (Å²) in [5, 5.41) is 21.7. The van der Waals surface area contributed by atoms with Crippen molar-refractivity contribution in [1.82, 2.24) is 4.98 Å². The van der Waals surface area contributed by atoms with Crippen LogP contribution in [0.2, 0.25) is 0 Å². The van der Waals surface area contributed by atoms with Crippen molar-refractivity contribution >= 4 is 23.1 Å². The number of carbonyl (C=O) groups is 1. The van der Waals surface area contributed by atoms with Crippen molar-refractivity contribution in [3.8, 4) is 0 Å². The van der Waals surface area contributed by atoms with E-state index in [0.717, 1.165) is 25.7 Å². The predicted octanol–water partition coefficient (Wildman–Crippen LogP) is 2.24. The number of carboxylic acid groups (broad SMARTS) is 1. The van der Waals surface area contributed by atoms with E-state index >= 15 is 0 Å². The van der Waals surface area contributed by atoms with E-state index < -0.39 is 5.97 Å². The van der Waals surface area contributed by atoms with Crippen LogP contribution in [0.15, 0.2) is 22.6 Å². The van der Waals surface area contributed by atoms with Gasteiger partial charge in [-0.1, -0.05) is 12.8 Å². The highest BCUT2D eigenvalue weighted by Gasteiger charge is 2.34. The van der Waals surface area contributed by atoms with Gasteiger partial charge in [0.05, 0.1) is 17.7 Å². The maximum atomic E-state index is 10.9. The number of anilines is 1. The van der Waals surface area contributed by atoms with Gasteiger partial charge in [0.1, 0.15) is 5.52 Å². The van der Waals surface area contributed by atoms with Crippen molar-refractivity contribution < 1.29 is 19.4 Å². The third-order valence-electron chi connectivity index (χ3n) is 3.87. The summed E-state index contributed by atoms with van der Waals surface area (Å²) in [7, 11) is 0. The molecule has 6 heteroatoms. The average Bonchev–Trinajstić information content (AvgIpc) is 3.04. The van der Waals surface area contributed by atoms with Crippen LogP contribution in [-0.2, 0) is 0 Å². The molecular formula is C14H16N2O4. The smallest absolute Gasteiger partial charge is 0.335 e. The van der Waals surface area contributed by atoms with Gasteiger partial charge >= 0.3 is 5.97 Å². The van der Waals surface area contributed by atoms with Gasteiger partial charge in [0, 0.05) is 0 Å². The number of fused-ring (bicyclic) bond motifs is 1. The molecule has 1 aromatic carbocycles. The number of aliphatic hydroxyl groups is 1. The molecule has 3 rings (SSSR count). The normalized spacial score (nSPS) is 17.4. The standard InChI is InChI=1S/C14H16N2O4/c17-8-14(5-1-2-6-14)16-13-15-10-4-3-9(12(18)19)7-11(10)20-13/h3-4,7,17H,1-2,5-6,8H2,(H,15,16)(H,18,19). The molecule has 2 aromatic rings. The van der Waals surface area contributed by atoms with Gasteiger partial charge in [0.2, 0.25) is 0 Å². The second-order valence-electron chi connectivity index (χ2n) is 5.28. The molecule has 3 N–H and O–H groups in total. The van der Waals surface area contributed by atoms with E-state index in [1.165, 1.54) is 12.1 Å². The van der Waals surface area contributed by atoms with Gasteiger partial charge in [-0.05, 0) is 31.0 Å². The Labute approximate surface area is 115 Å². The first-order valence-electron chi connectivity index (χ1n) is 6.65. The molecule has 0 saturated heterocycles. The monoisotopic (exact) mass is 276 g/mol. The first-order valence-corrected chi connectivity index (χ1v) is 6.65. The fourth-order valence-corrected chi connectivity index (χ4v) is 2.71. The zero-order valence-corrected chi connectivity index (χ0v) is 10.9. The molecule has 1 aliphatic carbocycles. The lowest BCUT2D eigenvalue weighted by Gasteiger charge is -2.26. The molecule has 0 bridgehead atoms. The summed E-state index contributed by atoms with van der Waals surface area (Å²) >= 11 is 0. The summed E-state index contributed by atoms with van der Waals surface area (Å²) in [6.45, 7) is 0.0338. The molecule has 0 amide bonds.